The van der Waals surface area contributed by atoms with Gasteiger partial charge in [0, 0.05) is 16.5 Å². The van der Waals surface area contributed by atoms with Gasteiger partial charge < -0.3 is 9.63 Å². The van der Waals surface area contributed by atoms with Crippen LogP contribution in [0.15, 0.2) is 70.1 Å². The predicted octanol–water partition coefficient (Wildman–Crippen LogP) is 4.28. The highest BCUT2D eigenvalue weighted by atomic mass is 32.2. The molecule has 1 heterocycles. The molecule has 1 N–H and O–H groups in total. The first-order valence-electron chi connectivity index (χ1n) is 7.08. The molecule has 5 heteroatoms. The van der Waals surface area contributed by atoms with Crippen LogP contribution < -0.4 is 0 Å². The van der Waals surface area contributed by atoms with Crippen LogP contribution in [0.4, 0.5) is 0 Å². The van der Waals surface area contributed by atoms with E-state index in [1.807, 2.05) is 60.9 Å². The molecule has 0 aliphatic heterocycles. The number of aromatic nitrogens is 1. The van der Waals surface area contributed by atoms with Crippen LogP contribution in [-0.2, 0) is 4.79 Å². The number of carboxylic acids is 1. The molecule has 2 aromatic carbocycles. The fourth-order valence-corrected chi connectivity index (χ4v) is 2.80. The van der Waals surface area contributed by atoms with E-state index in [1.165, 1.54) is 0 Å². The van der Waals surface area contributed by atoms with Crippen molar-refractivity contribution in [3.63, 3.8) is 0 Å². The van der Waals surface area contributed by atoms with E-state index in [4.69, 9.17) is 4.52 Å². The molecule has 0 radical (unpaired) electrons. The number of thioether (sulfide) groups is 1. The summed E-state index contributed by atoms with van der Waals surface area (Å²) in [5, 5.41) is 13.6. The number of hydrogen-bond donors (Lipinski definition) is 1. The maximum atomic E-state index is 11.7. The van der Waals surface area contributed by atoms with E-state index in [0.717, 1.165) is 10.5 Å². The number of hydrogen-bond acceptors (Lipinski definition) is 4. The Hall–Kier alpha value is -2.53. The molecule has 0 aliphatic rings. The van der Waals surface area contributed by atoms with Gasteiger partial charge in [-0.15, -0.1) is 11.8 Å². The van der Waals surface area contributed by atoms with Crippen molar-refractivity contribution in [1.29, 1.82) is 0 Å². The van der Waals surface area contributed by atoms with E-state index in [2.05, 4.69) is 5.16 Å². The third-order valence-corrected chi connectivity index (χ3v) is 4.32. The molecule has 1 aromatic heterocycles. The molecule has 3 rings (SSSR count). The Labute approximate surface area is 138 Å². The van der Waals surface area contributed by atoms with E-state index in [-0.39, 0.29) is 0 Å². The quantitative estimate of drug-likeness (QED) is 0.709. The molecule has 0 bridgehead atoms. The second-order valence-corrected chi connectivity index (χ2v) is 5.90. The van der Waals surface area contributed by atoms with Crippen molar-refractivity contribution >= 4 is 17.7 Å². The monoisotopic (exact) mass is 325 g/mol. The van der Waals surface area contributed by atoms with Gasteiger partial charge in [-0.3, -0.25) is 4.79 Å². The Bertz CT molecular complexity index is 797. The van der Waals surface area contributed by atoms with Crippen LogP contribution in [0.1, 0.15) is 17.2 Å². The Morgan fingerprint density at radius 3 is 2.43 bits per heavy atom. The molecule has 3 aromatic rings. The average Bonchev–Trinajstić information content (AvgIpc) is 3.06. The number of nitrogens with zero attached hydrogens (tertiary/aromatic N) is 1. The van der Waals surface area contributed by atoms with E-state index in [9.17, 15) is 9.90 Å². The van der Waals surface area contributed by atoms with Crippen LogP contribution in [0.2, 0.25) is 0 Å². The van der Waals surface area contributed by atoms with Gasteiger partial charge in [-0.05, 0) is 24.0 Å². The SMILES string of the molecule is CSc1ccc(C(C(=O)O)c2cc(-c3ccccc3)no2)cc1. The molecule has 1 unspecified atom stereocenters. The van der Waals surface area contributed by atoms with Gasteiger partial charge in [-0.25, -0.2) is 0 Å². The number of benzene rings is 2. The van der Waals surface area contributed by atoms with E-state index < -0.39 is 11.9 Å². The third-order valence-electron chi connectivity index (χ3n) is 3.58. The highest BCUT2D eigenvalue weighted by Gasteiger charge is 2.26. The van der Waals surface area contributed by atoms with Crippen molar-refractivity contribution in [2.45, 2.75) is 10.8 Å². The summed E-state index contributed by atoms with van der Waals surface area (Å²) >= 11 is 1.61. The van der Waals surface area contributed by atoms with Crippen molar-refractivity contribution in [3.05, 3.63) is 72.0 Å². The maximum absolute atomic E-state index is 11.7. The Morgan fingerprint density at radius 1 is 1.13 bits per heavy atom. The highest BCUT2D eigenvalue weighted by Crippen LogP contribution is 2.30. The zero-order valence-corrected chi connectivity index (χ0v) is 13.3. The molecule has 116 valence electrons. The van der Waals surface area contributed by atoms with Crippen LogP contribution in [0, 0.1) is 0 Å². The zero-order valence-electron chi connectivity index (χ0n) is 12.5. The topological polar surface area (TPSA) is 63.3 Å². The first kappa shape index (κ1) is 15.4. The minimum absolute atomic E-state index is 0.327. The summed E-state index contributed by atoms with van der Waals surface area (Å²) in [6.45, 7) is 0. The molecule has 0 aliphatic carbocycles. The zero-order chi connectivity index (χ0) is 16.2. The van der Waals surface area contributed by atoms with E-state index in [1.54, 1.807) is 17.8 Å². The molecule has 4 nitrogen and oxygen atoms in total. The van der Waals surface area contributed by atoms with Crippen LogP contribution in [0.5, 0.6) is 0 Å². The average molecular weight is 325 g/mol. The Balaban J connectivity index is 1.95. The van der Waals surface area contributed by atoms with Crippen LogP contribution in [-0.4, -0.2) is 22.5 Å². The van der Waals surface area contributed by atoms with Gasteiger partial charge in [0.25, 0.3) is 0 Å². The normalized spacial score (nSPS) is 12.0. The third kappa shape index (κ3) is 3.29. The van der Waals surface area contributed by atoms with Gasteiger partial charge in [0.2, 0.25) is 0 Å². The van der Waals surface area contributed by atoms with Gasteiger partial charge in [-0.1, -0.05) is 47.6 Å². The molecule has 23 heavy (non-hydrogen) atoms. The summed E-state index contributed by atoms with van der Waals surface area (Å²) in [7, 11) is 0. The Kier molecular flexibility index (Phi) is 4.48. The first-order chi connectivity index (χ1) is 11.2. The fraction of sp³-hybridized carbons (Fsp3) is 0.111. The lowest BCUT2D eigenvalue weighted by Gasteiger charge is -2.09. The molecule has 0 saturated heterocycles. The summed E-state index contributed by atoms with van der Waals surface area (Å²) in [4.78, 5) is 12.8. The molecule has 1 atom stereocenters. The van der Waals surface area contributed by atoms with Gasteiger partial charge in [-0.2, -0.15) is 0 Å². The fourth-order valence-electron chi connectivity index (χ4n) is 2.40. The standard InChI is InChI=1S/C18H15NO3S/c1-23-14-9-7-13(8-10-14)17(18(20)21)16-11-15(19-22-16)12-5-3-2-4-6-12/h2-11,17H,1H3,(H,20,21). The van der Waals surface area contributed by atoms with Crippen molar-refractivity contribution in [2.75, 3.05) is 6.26 Å². The van der Waals surface area contributed by atoms with Crippen LogP contribution in [0.3, 0.4) is 0 Å². The summed E-state index contributed by atoms with van der Waals surface area (Å²) in [6.07, 6.45) is 1.98. The minimum Gasteiger partial charge on any atom is -0.480 e. The van der Waals surface area contributed by atoms with Crippen molar-refractivity contribution < 1.29 is 14.4 Å². The molecule has 0 amide bonds. The van der Waals surface area contributed by atoms with Crippen molar-refractivity contribution in [1.82, 2.24) is 5.16 Å². The van der Waals surface area contributed by atoms with Gasteiger partial charge in [0.1, 0.15) is 11.6 Å². The first-order valence-corrected chi connectivity index (χ1v) is 8.30. The summed E-state index contributed by atoms with van der Waals surface area (Å²) in [6, 6.07) is 18.7. The van der Waals surface area contributed by atoms with Gasteiger partial charge >= 0.3 is 5.97 Å². The second-order valence-electron chi connectivity index (χ2n) is 5.02. The smallest absolute Gasteiger partial charge is 0.318 e. The molecule has 0 fully saturated rings. The van der Waals surface area contributed by atoms with Crippen molar-refractivity contribution in [3.8, 4) is 11.3 Å². The number of aliphatic carboxylic acids is 1. The molecular formula is C18H15NO3S. The van der Waals surface area contributed by atoms with E-state index in [0.29, 0.717) is 17.0 Å². The number of rotatable bonds is 5. The molecule has 0 saturated carbocycles. The predicted molar refractivity (Wildman–Crippen MR) is 89.6 cm³/mol. The Morgan fingerprint density at radius 2 is 1.83 bits per heavy atom. The summed E-state index contributed by atoms with van der Waals surface area (Å²) in [5.41, 5.74) is 2.20. The lowest BCUT2D eigenvalue weighted by Crippen LogP contribution is -2.12. The van der Waals surface area contributed by atoms with E-state index >= 15 is 0 Å². The number of carboxylic acid groups (broad SMARTS) is 1. The summed E-state index contributed by atoms with van der Waals surface area (Å²) < 4.78 is 5.32. The maximum Gasteiger partial charge on any atom is 0.318 e. The lowest BCUT2D eigenvalue weighted by molar-refractivity contribution is -0.138. The second kappa shape index (κ2) is 6.71. The molecular weight excluding hydrogens is 310 g/mol. The van der Waals surface area contributed by atoms with Crippen LogP contribution in [0.25, 0.3) is 11.3 Å². The highest BCUT2D eigenvalue weighted by molar-refractivity contribution is 7.98. The lowest BCUT2D eigenvalue weighted by atomic mass is 9.96. The van der Waals surface area contributed by atoms with Crippen LogP contribution >= 0.6 is 11.8 Å². The van der Waals surface area contributed by atoms with Gasteiger partial charge in [0.15, 0.2) is 5.76 Å². The minimum atomic E-state index is -0.960. The summed E-state index contributed by atoms with van der Waals surface area (Å²) in [5.74, 6) is -1.50. The number of carbonyl (C=O) groups is 1. The largest absolute Gasteiger partial charge is 0.480 e. The van der Waals surface area contributed by atoms with Crippen molar-refractivity contribution in [2.24, 2.45) is 0 Å². The molecule has 0 spiro atoms. The van der Waals surface area contributed by atoms with Gasteiger partial charge in [0.05, 0.1) is 0 Å².